The van der Waals surface area contributed by atoms with Gasteiger partial charge in [0.15, 0.2) is 0 Å². The van der Waals surface area contributed by atoms with Gasteiger partial charge in [-0.2, -0.15) is 0 Å². The molecule has 0 aromatic carbocycles. The number of nitrogens with zero attached hydrogens (tertiary/aromatic N) is 1. The summed E-state index contributed by atoms with van der Waals surface area (Å²) in [6, 6.07) is 0. The van der Waals surface area contributed by atoms with E-state index in [-0.39, 0.29) is 20.5 Å². The third-order valence-corrected chi connectivity index (χ3v) is 2.75. The van der Waals surface area contributed by atoms with Crippen LogP contribution >= 0.6 is 0 Å². The fourth-order valence-corrected chi connectivity index (χ4v) is 1.92. The second-order valence-corrected chi connectivity index (χ2v) is 4.06. The molecule has 0 aliphatic heterocycles. The molecule has 13 heavy (non-hydrogen) atoms. The third-order valence-electron chi connectivity index (χ3n) is 1.29. The van der Waals surface area contributed by atoms with Gasteiger partial charge < -0.3 is 0 Å². The Morgan fingerprint density at radius 2 is 2.62 bits per heavy atom. The summed E-state index contributed by atoms with van der Waals surface area (Å²) in [5, 5.41) is 7.44. The number of nitrogens with one attached hydrogen (secondary N) is 1. The molecule has 5 heteroatoms. The van der Waals surface area contributed by atoms with Crippen molar-refractivity contribution in [3.05, 3.63) is 21.6 Å². The SMILES string of the molecule is CCOC(=O)/C=C/n1cc[se]c1=N. The number of hydrogen-bond acceptors (Lipinski definition) is 3. The Hall–Kier alpha value is -1.06. The number of rotatable bonds is 3. The fourth-order valence-electron chi connectivity index (χ4n) is 0.738. The number of carbonyl (C=O) groups is 1. The molecular formula is C8H10N2O2Se. The van der Waals surface area contributed by atoms with Gasteiger partial charge in [-0.15, -0.1) is 0 Å². The van der Waals surface area contributed by atoms with E-state index in [1.807, 2.05) is 4.94 Å². The molecule has 0 saturated heterocycles. The number of hydrogen-bond donors (Lipinski definition) is 1. The standard InChI is InChI=1S/C8H10N2O2Se/c1-2-12-7(11)3-4-10-5-6-13-8(10)9/h3-6,9H,2H2,1H3/b4-3+,9-8?. The van der Waals surface area contributed by atoms with Crippen molar-refractivity contribution in [2.75, 3.05) is 6.61 Å². The van der Waals surface area contributed by atoms with Gasteiger partial charge in [-0.1, -0.05) is 0 Å². The molecule has 70 valence electrons. The van der Waals surface area contributed by atoms with Crippen LogP contribution in [0.3, 0.4) is 0 Å². The summed E-state index contributed by atoms with van der Waals surface area (Å²) in [5.41, 5.74) is 0. The van der Waals surface area contributed by atoms with Crippen LogP contribution in [0.15, 0.2) is 17.2 Å². The van der Waals surface area contributed by atoms with Crippen LogP contribution in [0.4, 0.5) is 0 Å². The monoisotopic (exact) mass is 246 g/mol. The minimum atomic E-state index is -0.372. The summed E-state index contributed by atoms with van der Waals surface area (Å²) >= 11 is 0.110. The molecule has 0 saturated carbocycles. The van der Waals surface area contributed by atoms with Crippen LogP contribution in [0.5, 0.6) is 0 Å². The molecule has 0 unspecified atom stereocenters. The van der Waals surface area contributed by atoms with E-state index in [0.717, 1.165) is 0 Å². The summed E-state index contributed by atoms with van der Waals surface area (Å²) in [6.07, 6.45) is 4.65. The van der Waals surface area contributed by atoms with Gasteiger partial charge in [-0.3, -0.25) is 0 Å². The topological polar surface area (TPSA) is 55.1 Å². The van der Waals surface area contributed by atoms with Gasteiger partial charge in [0.25, 0.3) is 0 Å². The van der Waals surface area contributed by atoms with E-state index >= 15 is 0 Å². The summed E-state index contributed by atoms with van der Waals surface area (Å²) in [5.74, 6) is -0.372. The Labute approximate surface area is 81.7 Å². The van der Waals surface area contributed by atoms with Crippen molar-refractivity contribution in [2.24, 2.45) is 0 Å². The molecule has 0 bridgehead atoms. The molecule has 0 fully saturated rings. The van der Waals surface area contributed by atoms with Crippen molar-refractivity contribution < 1.29 is 9.53 Å². The molecule has 1 aromatic rings. The van der Waals surface area contributed by atoms with Crippen molar-refractivity contribution in [3.8, 4) is 0 Å². The predicted molar refractivity (Wildman–Crippen MR) is 49.2 cm³/mol. The van der Waals surface area contributed by atoms with Crippen LogP contribution in [0.2, 0.25) is 0 Å². The van der Waals surface area contributed by atoms with E-state index < -0.39 is 0 Å². The van der Waals surface area contributed by atoms with Crippen LogP contribution in [-0.4, -0.2) is 31.6 Å². The Kier molecular flexibility index (Phi) is 3.73. The van der Waals surface area contributed by atoms with Crippen LogP contribution in [0.1, 0.15) is 6.92 Å². The molecule has 1 rings (SSSR count). The van der Waals surface area contributed by atoms with Gasteiger partial charge >= 0.3 is 81.3 Å². The first-order chi connectivity index (χ1) is 6.24. The quantitative estimate of drug-likeness (QED) is 0.465. The van der Waals surface area contributed by atoms with E-state index in [9.17, 15) is 4.79 Å². The third kappa shape index (κ3) is 3.05. The summed E-state index contributed by atoms with van der Waals surface area (Å²) in [6.45, 7) is 2.13. The van der Waals surface area contributed by atoms with Gasteiger partial charge in [0.05, 0.1) is 0 Å². The molecule has 1 heterocycles. The van der Waals surface area contributed by atoms with E-state index in [2.05, 4.69) is 0 Å². The Morgan fingerprint density at radius 3 is 3.15 bits per heavy atom. The Balaban J connectivity index is 2.64. The summed E-state index contributed by atoms with van der Waals surface area (Å²) in [4.78, 5) is 12.8. The predicted octanol–water partition coefficient (Wildman–Crippen LogP) is 0.0584. The van der Waals surface area contributed by atoms with Gasteiger partial charge in [-0.05, 0) is 0 Å². The van der Waals surface area contributed by atoms with Crippen LogP contribution in [0, 0.1) is 5.41 Å². The molecular weight excluding hydrogens is 235 g/mol. The molecule has 0 spiro atoms. The van der Waals surface area contributed by atoms with E-state index in [0.29, 0.717) is 11.0 Å². The average molecular weight is 245 g/mol. The van der Waals surface area contributed by atoms with Crippen molar-refractivity contribution in [1.29, 1.82) is 5.41 Å². The second kappa shape index (κ2) is 4.84. The first-order valence-electron chi connectivity index (χ1n) is 3.79. The van der Waals surface area contributed by atoms with Gasteiger partial charge in [0, 0.05) is 0 Å². The zero-order valence-electron chi connectivity index (χ0n) is 7.19. The maximum absolute atomic E-state index is 10.9. The van der Waals surface area contributed by atoms with Crippen molar-refractivity contribution in [3.63, 3.8) is 0 Å². The molecule has 0 aliphatic rings. The number of carbonyl (C=O) groups excluding carboxylic acids is 1. The summed E-state index contributed by atoms with van der Waals surface area (Å²) < 4.78 is 6.82. The average Bonchev–Trinajstić information content (AvgIpc) is 2.48. The zero-order chi connectivity index (χ0) is 9.68. The van der Waals surface area contributed by atoms with Crippen molar-refractivity contribution in [2.45, 2.75) is 6.92 Å². The number of esters is 1. The normalized spacial score (nSPS) is 10.5. The van der Waals surface area contributed by atoms with E-state index in [4.69, 9.17) is 10.1 Å². The molecule has 1 N–H and O–H groups in total. The van der Waals surface area contributed by atoms with Crippen molar-refractivity contribution in [1.82, 2.24) is 4.57 Å². The molecule has 0 amide bonds. The molecule has 4 nitrogen and oxygen atoms in total. The summed E-state index contributed by atoms with van der Waals surface area (Å²) in [7, 11) is 0. The van der Waals surface area contributed by atoms with Crippen LogP contribution in [0.25, 0.3) is 6.20 Å². The Bertz CT molecular complexity index is 364. The van der Waals surface area contributed by atoms with E-state index in [1.165, 1.54) is 6.08 Å². The maximum atomic E-state index is 10.9. The van der Waals surface area contributed by atoms with Gasteiger partial charge in [-0.25, -0.2) is 0 Å². The number of ether oxygens (including phenoxy) is 1. The van der Waals surface area contributed by atoms with Crippen LogP contribution < -0.4 is 4.36 Å². The fraction of sp³-hybridized carbons (Fsp3) is 0.250. The van der Waals surface area contributed by atoms with Gasteiger partial charge in [0.2, 0.25) is 0 Å². The zero-order valence-corrected chi connectivity index (χ0v) is 8.90. The molecule has 0 radical (unpaired) electrons. The first kappa shape index (κ1) is 10.0. The molecule has 1 aromatic heterocycles. The molecule has 0 atom stereocenters. The molecule has 0 aliphatic carbocycles. The van der Waals surface area contributed by atoms with Crippen molar-refractivity contribution >= 4 is 26.7 Å². The Morgan fingerprint density at radius 1 is 1.85 bits per heavy atom. The minimum absolute atomic E-state index is 0.110. The second-order valence-electron chi connectivity index (χ2n) is 2.18. The van der Waals surface area contributed by atoms with Gasteiger partial charge in [0.1, 0.15) is 0 Å². The number of aromatic nitrogens is 1. The van der Waals surface area contributed by atoms with Crippen LogP contribution in [-0.2, 0) is 9.53 Å². The van der Waals surface area contributed by atoms with E-state index in [1.54, 1.807) is 23.9 Å². The first-order valence-corrected chi connectivity index (χ1v) is 5.63.